The van der Waals surface area contributed by atoms with Gasteiger partial charge in [0.15, 0.2) is 0 Å². The van der Waals surface area contributed by atoms with Gasteiger partial charge in [0.1, 0.15) is 5.84 Å². The van der Waals surface area contributed by atoms with E-state index in [0.29, 0.717) is 18.2 Å². The van der Waals surface area contributed by atoms with Gasteiger partial charge in [-0.3, -0.25) is 0 Å². The molecule has 0 aliphatic carbocycles. The fourth-order valence-electron chi connectivity index (χ4n) is 1.66. The number of nitrogens with one attached hydrogen (secondary N) is 1. The molecule has 4 nitrogen and oxygen atoms in total. The van der Waals surface area contributed by atoms with Crippen molar-refractivity contribution in [1.29, 1.82) is 0 Å². The van der Waals surface area contributed by atoms with Crippen LogP contribution >= 0.6 is 0 Å². The molecule has 0 aromatic heterocycles. The first-order valence-corrected chi connectivity index (χ1v) is 5.96. The molecule has 0 spiro atoms. The van der Waals surface area contributed by atoms with Crippen molar-refractivity contribution >= 4 is 5.84 Å². The molecule has 0 bridgehead atoms. The zero-order valence-electron chi connectivity index (χ0n) is 10.3. The first-order chi connectivity index (χ1) is 8.24. The largest absolute Gasteiger partial charge is 0.409 e. The van der Waals surface area contributed by atoms with Crippen LogP contribution in [0.3, 0.4) is 0 Å². The highest BCUT2D eigenvalue weighted by atomic mass is 16.4. The van der Waals surface area contributed by atoms with Crippen molar-refractivity contribution in [1.82, 2.24) is 5.32 Å². The molecule has 0 radical (unpaired) electrons. The highest BCUT2D eigenvalue weighted by Crippen LogP contribution is 2.12. The van der Waals surface area contributed by atoms with Crippen molar-refractivity contribution in [2.24, 2.45) is 10.9 Å². The molecule has 94 valence electrons. The van der Waals surface area contributed by atoms with Gasteiger partial charge in [0.25, 0.3) is 0 Å². The summed E-state index contributed by atoms with van der Waals surface area (Å²) in [7, 11) is 0. The van der Waals surface area contributed by atoms with Gasteiger partial charge in [-0.05, 0) is 24.4 Å². The predicted octanol–water partition coefficient (Wildman–Crippen LogP) is 1.91. The van der Waals surface area contributed by atoms with Crippen LogP contribution in [-0.2, 0) is 0 Å². The van der Waals surface area contributed by atoms with Gasteiger partial charge in [-0.25, -0.2) is 0 Å². The van der Waals surface area contributed by atoms with Gasteiger partial charge < -0.3 is 16.3 Å². The zero-order valence-corrected chi connectivity index (χ0v) is 10.3. The second-order valence-corrected chi connectivity index (χ2v) is 4.21. The van der Waals surface area contributed by atoms with Gasteiger partial charge in [-0.1, -0.05) is 42.4 Å². The normalized spacial score (nSPS) is 13.6. The molecule has 4 N–H and O–H groups in total. The number of nitrogens with two attached hydrogens (primary N) is 1. The molecule has 1 aromatic carbocycles. The molecule has 1 rings (SSSR count). The lowest BCUT2D eigenvalue weighted by Crippen LogP contribution is -2.22. The molecule has 0 saturated carbocycles. The van der Waals surface area contributed by atoms with Crippen LogP contribution in [0.1, 0.15) is 31.2 Å². The minimum absolute atomic E-state index is 0.294. The first kappa shape index (κ1) is 13.5. The molecule has 0 fully saturated rings. The summed E-state index contributed by atoms with van der Waals surface area (Å²) in [5.41, 5.74) is 6.72. The van der Waals surface area contributed by atoms with Gasteiger partial charge in [0.05, 0.1) is 0 Å². The maximum absolute atomic E-state index is 8.37. The minimum atomic E-state index is 0.294. The molecular weight excluding hydrogens is 214 g/mol. The topological polar surface area (TPSA) is 70.6 Å². The second kappa shape index (κ2) is 7.68. The van der Waals surface area contributed by atoms with Crippen molar-refractivity contribution in [3.05, 3.63) is 35.9 Å². The van der Waals surface area contributed by atoms with Gasteiger partial charge in [-0.2, -0.15) is 0 Å². The molecular formula is C13H21N3O. The Morgan fingerprint density at radius 2 is 2.12 bits per heavy atom. The van der Waals surface area contributed by atoms with Crippen molar-refractivity contribution in [3.63, 3.8) is 0 Å². The summed E-state index contributed by atoms with van der Waals surface area (Å²) in [6.45, 7) is 4.03. The lowest BCUT2D eigenvalue weighted by Gasteiger charge is -2.12. The highest BCUT2D eigenvalue weighted by molar-refractivity contribution is 5.79. The number of hydrogen-bond donors (Lipinski definition) is 3. The Labute approximate surface area is 103 Å². The number of amidine groups is 1. The number of hydrogen-bond acceptors (Lipinski definition) is 3. The van der Waals surface area contributed by atoms with Crippen LogP contribution in [0.5, 0.6) is 0 Å². The van der Waals surface area contributed by atoms with Gasteiger partial charge >= 0.3 is 0 Å². The van der Waals surface area contributed by atoms with E-state index in [-0.39, 0.29) is 0 Å². The van der Waals surface area contributed by atoms with E-state index in [1.54, 1.807) is 0 Å². The molecule has 0 aliphatic heterocycles. The maximum Gasteiger partial charge on any atom is 0.139 e. The Bertz CT molecular complexity index is 338. The quantitative estimate of drug-likeness (QED) is 0.222. The molecule has 0 aliphatic rings. The van der Waals surface area contributed by atoms with E-state index in [1.165, 1.54) is 5.56 Å². The SMILES string of the molecule is CC(CNCCC/C(N)=N/O)c1ccccc1. The lowest BCUT2D eigenvalue weighted by molar-refractivity contribution is 0.316. The zero-order chi connectivity index (χ0) is 12.5. The Morgan fingerprint density at radius 3 is 2.76 bits per heavy atom. The lowest BCUT2D eigenvalue weighted by atomic mass is 10.0. The monoisotopic (exact) mass is 235 g/mol. The van der Waals surface area contributed by atoms with Gasteiger partial charge in [-0.15, -0.1) is 0 Å². The van der Waals surface area contributed by atoms with E-state index in [4.69, 9.17) is 10.9 Å². The van der Waals surface area contributed by atoms with Crippen LogP contribution in [0.4, 0.5) is 0 Å². The van der Waals surface area contributed by atoms with E-state index >= 15 is 0 Å². The first-order valence-electron chi connectivity index (χ1n) is 5.96. The fourth-order valence-corrected chi connectivity index (χ4v) is 1.66. The van der Waals surface area contributed by atoms with E-state index in [0.717, 1.165) is 19.5 Å². The van der Waals surface area contributed by atoms with E-state index < -0.39 is 0 Å². The molecule has 1 atom stereocenters. The number of rotatable bonds is 7. The van der Waals surface area contributed by atoms with Crippen LogP contribution in [0.15, 0.2) is 35.5 Å². The Balaban J connectivity index is 2.15. The number of nitrogens with zero attached hydrogens (tertiary/aromatic N) is 1. The highest BCUT2D eigenvalue weighted by Gasteiger charge is 2.03. The number of benzene rings is 1. The van der Waals surface area contributed by atoms with Gasteiger partial charge in [0, 0.05) is 13.0 Å². The number of oxime groups is 1. The molecule has 1 aromatic rings. The van der Waals surface area contributed by atoms with E-state index in [9.17, 15) is 0 Å². The average molecular weight is 235 g/mol. The molecule has 17 heavy (non-hydrogen) atoms. The third-order valence-electron chi connectivity index (χ3n) is 2.73. The minimum Gasteiger partial charge on any atom is -0.409 e. The van der Waals surface area contributed by atoms with Crippen LogP contribution in [0, 0.1) is 0 Å². The third-order valence-corrected chi connectivity index (χ3v) is 2.73. The third kappa shape index (κ3) is 5.36. The summed E-state index contributed by atoms with van der Waals surface area (Å²) in [6, 6.07) is 10.4. The van der Waals surface area contributed by atoms with Crippen molar-refractivity contribution in [2.45, 2.75) is 25.7 Å². The smallest absolute Gasteiger partial charge is 0.139 e. The summed E-state index contributed by atoms with van der Waals surface area (Å²) in [5.74, 6) is 0.794. The summed E-state index contributed by atoms with van der Waals surface area (Å²) >= 11 is 0. The summed E-state index contributed by atoms with van der Waals surface area (Å²) in [6.07, 6.45) is 1.51. The molecule has 4 heteroatoms. The van der Waals surface area contributed by atoms with Gasteiger partial charge in [0.2, 0.25) is 0 Å². The summed E-state index contributed by atoms with van der Waals surface area (Å²) in [4.78, 5) is 0. The van der Waals surface area contributed by atoms with Crippen LogP contribution in [0.2, 0.25) is 0 Å². The summed E-state index contributed by atoms with van der Waals surface area (Å²) in [5, 5.41) is 14.7. The fraction of sp³-hybridized carbons (Fsp3) is 0.462. The van der Waals surface area contributed by atoms with Crippen molar-refractivity contribution in [3.8, 4) is 0 Å². The van der Waals surface area contributed by atoms with Crippen LogP contribution < -0.4 is 11.1 Å². The van der Waals surface area contributed by atoms with Crippen LogP contribution in [0.25, 0.3) is 0 Å². The Kier molecular flexibility index (Phi) is 6.10. The van der Waals surface area contributed by atoms with E-state index in [2.05, 4.69) is 41.7 Å². The van der Waals surface area contributed by atoms with Crippen molar-refractivity contribution in [2.75, 3.05) is 13.1 Å². The molecule has 0 heterocycles. The second-order valence-electron chi connectivity index (χ2n) is 4.21. The Morgan fingerprint density at radius 1 is 1.41 bits per heavy atom. The average Bonchev–Trinajstić information content (AvgIpc) is 2.38. The van der Waals surface area contributed by atoms with Crippen LogP contribution in [-0.4, -0.2) is 24.1 Å². The standard InChI is InChI=1S/C13H21N3O/c1-11(12-6-3-2-4-7-12)10-15-9-5-8-13(14)16-17/h2-4,6-7,11,15,17H,5,8-10H2,1H3,(H2,14,16). The molecule has 0 saturated heterocycles. The van der Waals surface area contributed by atoms with E-state index in [1.807, 2.05) is 6.07 Å². The van der Waals surface area contributed by atoms with Crippen molar-refractivity contribution < 1.29 is 5.21 Å². The predicted molar refractivity (Wildman–Crippen MR) is 70.4 cm³/mol. The maximum atomic E-state index is 8.37. The molecule has 0 amide bonds. The summed E-state index contributed by atoms with van der Waals surface area (Å²) < 4.78 is 0. The molecule has 1 unspecified atom stereocenters. The Hall–Kier alpha value is -1.55.